The minimum atomic E-state index is -3.53. The smallest absolute Gasteiger partial charge is 0.244 e. The van der Waals surface area contributed by atoms with Gasteiger partial charge < -0.3 is 5.73 Å². The lowest BCUT2D eigenvalue weighted by Crippen LogP contribution is -2.38. The van der Waals surface area contributed by atoms with Gasteiger partial charge in [0.25, 0.3) is 0 Å². The van der Waals surface area contributed by atoms with Gasteiger partial charge in [-0.15, -0.1) is 0 Å². The summed E-state index contributed by atoms with van der Waals surface area (Å²) in [5.41, 5.74) is 6.38. The molecule has 112 valence electrons. The summed E-state index contributed by atoms with van der Waals surface area (Å²) in [4.78, 5) is 0.185. The number of nitrogens with zero attached hydrogens (tertiary/aromatic N) is 1. The van der Waals surface area contributed by atoms with Gasteiger partial charge in [-0.2, -0.15) is 4.31 Å². The van der Waals surface area contributed by atoms with Crippen LogP contribution in [0.1, 0.15) is 38.2 Å². The first kappa shape index (κ1) is 15.8. The summed E-state index contributed by atoms with van der Waals surface area (Å²) in [5, 5.41) is 0.254. The van der Waals surface area contributed by atoms with Gasteiger partial charge in [-0.3, -0.25) is 0 Å². The number of nitrogens with two attached hydrogens (primary N) is 1. The van der Waals surface area contributed by atoms with Crippen LogP contribution in [0.4, 0.5) is 0 Å². The average molecular weight is 317 g/mol. The normalized spacial score (nSPS) is 17.0. The van der Waals surface area contributed by atoms with Crippen molar-refractivity contribution in [1.29, 1.82) is 0 Å². The first-order valence-corrected chi connectivity index (χ1v) is 8.82. The summed E-state index contributed by atoms with van der Waals surface area (Å²) in [7, 11) is -3.53. The van der Waals surface area contributed by atoms with Crippen LogP contribution in [-0.2, 0) is 16.6 Å². The molecule has 20 heavy (non-hydrogen) atoms. The molecule has 1 aliphatic rings. The maximum Gasteiger partial charge on any atom is 0.244 e. The van der Waals surface area contributed by atoms with Crippen molar-refractivity contribution in [2.75, 3.05) is 6.54 Å². The van der Waals surface area contributed by atoms with Crippen molar-refractivity contribution in [2.24, 2.45) is 5.73 Å². The van der Waals surface area contributed by atoms with E-state index in [4.69, 9.17) is 17.3 Å². The van der Waals surface area contributed by atoms with E-state index in [0.29, 0.717) is 13.1 Å². The van der Waals surface area contributed by atoms with Gasteiger partial charge in [0, 0.05) is 19.1 Å². The second-order valence-electron chi connectivity index (χ2n) is 5.12. The lowest BCUT2D eigenvalue weighted by Gasteiger charge is -2.27. The molecule has 0 bridgehead atoms. The summed E-state index contributed by atoms with van der Waals surface area (Å²) in [5.74, 6) is 0. The SMILES string of the molecule is CCN(C1CCCC1)S(=O)(=O)c1ccc(CN)cc1Cl. The van der Waals surface area contributed by atoms with Gasteiger partial charge in [0.05, 0.1) is 5.02 Å². The first-order valence-electron chi connectivity index (χ1n) is 7.01. The van der Waals surface area contributed by atoms with E-state index in [0.717, 1.165) is 31.2 Å². The maximum absolute atomic E-state index is 12.8. The number of hydrogen-bond donors (Lipinski definition) is 1. The molecular weight excluding hydrogens is 296 g/mol. The molecule has 0 amide bonds. The van der Waals surface area contributed by atoms with Gasteiger partial charge in [-0.05, 0) is 30.5 Å². The van der Waals surface area contributed by atoms with Crippen molar-refractivity contribution in [3.8, 4) is 0 Å². The lowest BCUT2D eigenvalue weighted by molar-refractivity contribution is 0.335. The third-order valence-electron chi connectivity index (χ3n) is 3.86. The number of rotatable bonds is 5. The molecule has 0 spiro atoms. The van der Waals surface area contributed by atoms with E-state index in [1.807, 2.05) is 6.92 Å². The van der Waals surface area contributed by atoms with E-state index in [1.54, 1.807) is 22.5 Å². The number of sulfonamides is 1. The monoisotopic (exact) mass is 316 g/mol. The van der Waals surface area contributed by atoms with Crippen LogP contribution >= 0.6 is 11.6 Å². The minimum absolute atomic E-state index is 0.107. The fourth-order valence-electron chi connectivity index (χ4n) is 2.82. The Labute approximate surface area is 126 Å². The van der Waals surface area contributed by atoms with E-state index in [9.17, 15) is 8.42 Å². The molecule has 2 rings (SSSR count). The molecule has 0 saturated heterocycles. The molecule has 0 aliphatic heterocycles. The molecular formula is C14H21ClN2O2S. The molecule has 2 N–H and O–H groups in total. The molecule has 0 heterocycles. The Morgan fingerprint density at radius 3 is 2.50 bits per heavy atom. The predicted octanol–water partition coefficient (Wildman–Crippen LogP) is 2.75. The fraction of sp³-hybridized carbons (Fsp3) is 0.571. The zero-order chi connectivity index (χ0) is 14.8. The minimum Gasteiger partial charge on any atom is -0.326 e. The van der Waals surface area contributed by atoms with Crippen LogP contribution in [0.3, 0.4) is 0 Å². The van der Waals surface area contributed by atoms with Crippen LogP contribution in [0.5, 0.6) is 0 Å². The van der Waals surface area contributed by atoms with E-state index in [2.05, 4.69) is 0 Å². The summed E-state index contributed by atoms with van der Waals surface area (Å²) < 4.78 is 27.1. The zero-order valence-electron chi connectivity index (χ0n) is 11.7. The molecule has 6 heteroatoms. The number of benzene rings is 1. The van der Waals surface area contributed by atoms with Gasteiger partial charge in [-0.1, -0.05) is 37.4 Å². The predicted molar refractivity (Wildman–Crippen MR) is 81.2 cm³/mol. The lowest BCUT2D eigenvalue weighted by atomic mass is 10.2. The van der Waals surface area contributed by atoms with Crippen molar-refractivity contribution in [3.05, 3.63) is 28.8 Å². The van der Waals surface area contributed by atoms with Gasteiger partial charge in [0.1, 0.15) is 4.90 Å². The molecule has 0 atom stereocenters. The van der Waals surface area contributed by atoms with Gasteiger partial charge in [0.2, 0.25) is 10.0 Å². The van der Waals surface area contributed by atoms with Crippen LogP contribution in [0.15, 0.2) is 23.1 Å². The third-order valence-corrected chi connectivity index (χ3v) is 6.37. The third kappa shape index (κ3) is 3.01. The van der Waals surface area contributed by atoms with Crippen molar-refractivity contribution in [2.45, 2.75) is 50.1 Å². The van der Waals surface area contributed by atoms with Crippen molar-refractivity contribution in [1.82, 2.24) is 4.31 Å². The molecule has 1 aromatic carbocycles. The molecule has 1 saturated carbocycles. The Hall–Kier alpha value is -0.620. The van der Waals surface area contributed by atoms with Crippen LogP contribution in [0.25, 0.3) is 0 Å². The van der Waals surface area contributed by atoms with Crippen LogP contribution in [0.2, 0.25) is 5.02 Å². The van der Waals surface area contributed by atoms with Crippen LogP contribution in [0, 0.1) is 0 Å². The standard InChI is InChI=1S/C14H21ClN2O2S/c1-2-17(12-5-3-4-6-12)20(18,19)14-8-7-11(10-16)9-13(14)15/h7-9,12H,2-6,10,16H2,1H3. The summed E-state index contributed by atoms with van der Waals surface area (Å²) in [6.07, 6.45) is 4.06. The molecule has 0 aromatic heterocycles. The maximum atomic E-state index is 12.8. The molecule has 1 aromatic rings. The van der Waals surface area contributed by atoms with E-state index in [1.165, 1.54) is 0 Å². The second-order valence-corrected chi connectivity index (χ2v) is 7.38. The van der Waals surface area contributed by atoms with Gasteiger partial charge in [-0.25, -0.2) is 8.42 Å². The average Bonchev–Trinajstić information content (AvgIpc) is 2.92. The molecule has 1 fully saturated rings. The Bertz CT molecular complexity index is 569. The molecule has 1 aliphatic carbocycles. The largest absolute Gasteiger partial charge is 0.326 e. The Balaban J connectivity index is 2.37. The number of halogens is 1. The van der Waals surface area contributed by atoms with Crippen molar-refractivity contribution < 1.29 is 8.42 Å². The Morgan fingerprint density at radius 2 is 2.00 bits per heavy atom. The summed E-state index contributed by atoms with van der Waals surface area (Å²) in [6, 6.07) is 5.03. The molecule has 4 nitrogen and oxygen atoms in total. The highest BCUT2D eigenvalue weighted by Crippen LogP contribution is 2.31. The van der Waals surface area contributed by atoms with Crippen LogP contribution in [-0.4, -0.2) is 25.3 Å². The molecule has 0 unspecified atom stereocenters. The quantitative estimate of drug-likeness (QED) is 0.908. The van der Waals surface area contributed by atoms with Crippen molar-refractivity contribution >= 4 is 21.6 Å². The highest BCUT2D eigenvalue weighted by atomic mass is 35.5. The number of hydrogen-bond acceptors (Lipinski definition) is 3. The Kier molecular flexibility index (Phi) is 5.07. The summed E-state index contributed by atoms with van der Waals surface area (Å²) >= 11 is 6.14. The Morgan fingerprint density at radius 1 is 1.35 bits per heavy atom. The molecule has 0 radical (unpaired) electrons. The second kappa shape index (κ2) is 6.43. The highest BCUT2D eigenvalue weighted by molar-refractivity contribution is 7.89. The van der Waals surface area contributed by atoms with Gasteiger partial charge in [0.15, 0.2) is 0 Å². The summed E-state index contributed by atoms with van der Waals surface area (Å²) in [6.45, 7) is 2.69. The van der Waals surface area contributed by atoms with E-state index in [-0.39, 0.29) is 16.0 Å². The zero-order valence-corrected chi connectivity index (χ0v) is 13.3. The highest BCUT2D eigenvalue weighted by Gasteiger charge is 2.33. The fourth-order valence-corrected chi connectivity index (χ4v) is 5.06. The van der Waals surface area contributed by atoms with E-state index >= 15 is 0 Å². The van der Waals surface area contributed by atoms with Crippen molar-refractivity contribution in [3.63, 3.8) is 0 Å². The topological polar surface area (TPSA) is 63.4 Å². The first-order chi connectivity index (χ1) is 9.50. The van der Waals surface area contributed by atoms with Crippen LogP contribution < -0.4 is 5.73 Å². The van der Waals surface area contributed by atoms with E-state index < -0.39 is 10.0 Å². The van der Waals surface area contributed by atoms with Gasteiger partial charge >= 0.3 is 0 Å².